The Morgan fingerprint density at radius 1 is 1.04 bits per heavy atom. The maximum absolute atomic E-state index is 13.2. The van der Waals surface area contributed by atoms with Crippen LogP contribution in [0.25, 0.3) is 0 Å². The normalized spacial score (nSPS) is 16.6. The fourth-order valence-electron chi connectivity index (χ4n) is 2.82. The van der Waals surface area contributed by atoms with Gasteiger partial charge in [0.15, 0.2) is 0 Å². The monoisotopic (exact) mass is 439 g/mol. The van der Waals surface area contributed by atoms with Crippen LogP contribution in [-0.2, 0) is 16.2 Å². The van der Waals surface area contributed by atoms with Gasteiger partial charge in [-0.3, -0.25) is 0 Å². The van der Waals surface area contributed by atoms with Gasteiger partial charge in [-0.2, -0.15) is 17.5 Å². The number of halogens is 5. The van der Waals surface area contributed by atoms with Gasteiger partial charge in [-0.1, -0.05) is 23.2 Å². The van der Waals surface area contributed by atoms with Crippen molar-refractivity contribution in [1.29, 1.82) is 0 Å². The van der Waals surface area contributed by atoms with Crippen LogP contribution in [0.3, 0.4) is 0 Å². The van der Waals surface area contributed by atoms with Gasteiger partial charge in [0, 0.05) is 37.4 Å². The van der Waals surface area contributed by atoms with Crippen molar-refractivity contribution in [3.63, 3.8) is 0 Å². The van der Waals surface area contributed by atoms with Crippen molar-refractivity contribution in [2.45, 2.75) is 11.1 Å². The van der Waals surface area contributed by atoms with E-state index in [0.717, 1.165) is 6.07 Å². The third-order valence-corrected chi connectivity index (χ3v) is 6.76. The van der Waals surface area contributed by atoms with Crippen molar-refractivity contribution in [2.24, 2.45) is 0 Å². The molecule has 146 valence electrons. The Hall–Kier alpha value is -1.55. The zero-order valence-electron chi connectivity index (χ0n) is 13.7. The standard InChI is InChI=1S/C16H14Cl2F3N3O2S/c17-11-3-4-13(18)14(10-11)27(25,26)24-8-6-23(7-9-24)15-12(16(19,20)21)2-1-5-22-15/h1-5,10H,6-9H2. The molecule has 11 heteroatoms. The van der Waals surface area contributed by atoms with Crippen LogP contribution in [0.4, 0.5) is 19.0 Å². The number of hydrogen-bond acceptors (Lipinski definition) is 4. The summed E-state index contributed by atoms with van der Waals surface area (Å²) in [6.07, 6.45) is -3.26. The molecule has 1 aromatic heterocycles. The molecule has 0 spiro atoms. The highest BCUT2D eigenvalue weighted by molar-refractivity contribution is 7.89. The molecule has 0 amide bonds. The molecule has 1 aliphatic heterocycles. The van der Waals surface area contributed by atoms with Crippen molar-refractivity contribution in [3.8, 4) is 0 Å². The lowest BCUT2D eigenvalue weighted by Gasteiger charge is -2.35. The fraction of sp³-hybridized carbons (Fsp3) is 0.312. The van der Waals surface area contributed by atoms with E-state index in [4.69, 9.17) is 23.2 Å². The summed E-state index contributed by atoms with van der Waals surface area (Å²) in [5.41, 5.74) is -0.848. The molecule has 0 saturated carbocycles. The van der Waals surface area contributed by atoms with Crippen molar-refractivity contribution in [3.05, 3.63) is 52.1 Å². The topological polar surface area (TPSA) is 53.5 Å². The van der Waals surface area contributed by atoms with E-state index in [2.05, 4.69) is 4.98 Å². The minimum Gasteiger partial charge on any atom is -0.353 e. The number of nitrogens with zero attached hydrogens (tertiary/aromatic N) is 3. The summed E-state index contributed by atoms with van der Waals surface area (Å²) >= 11 is 11.8. The van der Waals surface area contributed by atoms with Crippen LogP contribution >= 0.6 is 23.2 Å². The highest BCUT2D eigenvalue weighted by atomic mass is 35.5. The number of piperazine rings is 1. The molecule has 3 rings (SSSR count). The summed E-state index contributed by atoms with van der Waals surface area (Å²) in [5, 5.41) is 0.255. The Morgan fingerprint density at radius 3 is 2.33 bits per heavy atom. The zero-order valence-corrected chi connectivity index (χ0v) is 16.1. The number of hydrogen-bond donors (Lipinski definition) is 0. The van der Waals surface area contributed by atoms with E-state index in [9.17, 15) is 21.6 Å². The third kappa shape index (κ3) is 4.16. The highest BCUT2D eigenvalue weighted by Crippen LogP contribution is 2.36. The van der Waals surface area contributed by atoms with E-state index in [1.807, 2.05) is 0 Å². The molecule has 2 heterocycles. The molecular weight excluding hydrogens is 426 g/mol. The maximum atomic E-state index is 13.2. The van der Waals surface area contributed by atoms with Crippen molar-refractivity contribution >= 4 is 39.0 Å². The molecule has 0 aliphatic carbocycles. The summed E-state index contributed by atoms with van der Waals surface area (Å²) in [4.78, 5) is 5.14. The summed E-state index contributed by atoms with van der Waals surface area (Å²) in [7, 11) is -3.91. The van der Waals surface area contributed by atoms with Gasteiger partial charge >= 0.3 is 6.18 Å². The Kier molecular flexibility index (Phi) is 5.58. The predicted octanol–water partition coefficient (Wildman–Crippen LogP) is 3.92. The fourth-order valence-corrected chi connectivity index (χ4v) is 4.98. The SMILES string of the molecule is O=S(=O)(c1cc(Cl)ccc1Cl)N1CCN(c2ncccc2C(F)(F)F)CC1. The second-order valence-electron chi connectivity index (χ2n) is 5.84. The third-order valence-electron chi connectivity index (χ3n) is 4.14. The molecule has 0 bridgehead atoms. The van der Waals surface area contributed by atoms with Crippen molar-refractivity contribution in [2.75, 3.05) is 31.1 Å². The first kappa shape index (κ1) is 20.2. The molecule has 1 saturated heterocycles. The Balaban J connectivity index is 1.81. The molecule has 2 aromatic rings. The first-order valence-corrected chi connectivity index (χ1v) is 10.0. The predicted molar refractivity (Wildman–Crippen MR) is 96.7 cm³/mol. The molecule has 1 aliphatic rings. The van der Waals surface area contributed by atoms with Gasteiger partial charge in [0.05, 0.1) is 10.6 Å². The Labute approximate surface area is 164 Å². The number of benzene rings is 1. The van der Waals surface area contributed by atoms with Gasteiger partial charge in [0.2, 0.25) is 10.0 Å². The molecule has 0 atom stereocenters. The van der Waals surface area contributed by atoms with Crippen LogP contribution < -0.4 is 4.90 Å². The first-order valence-electron chi connectivity index (χ1n) is 7.83. The molecule has 5 nitrogen and oxygen atoms in total. The van der Waals surface area contributed by atoms with Crippen LogP contribution in [-0.4, -0.2) is 43.9 Å². The van der Waals surface area contributed by atoms with Crippen molar-refractivity contribution in [1.82, 2.24) is 9.29 Å². The molecule has 1 aromatic carbocycles. The number of alkyl halides is 3. The van der Waals surface area contributed by atoms with Gasteiger partial charge in [-0.25, -0.2) is 13.4 Å². The minimum absolute atomic E-state index is 0.000945. The largest absolute Gasteiger partial charge is 0.419 e. The minimum atomic E-state index is -4.54. The van der Waals surface area contributed by atoms with E-state index in [0.29, 0.717) is 0 Å². The van der Waals surface area contributed by atoms with Crippen LogP contribution in [0, 0.1) is 0 Å². The molecule has 1 fully saturated rings. The van der Waals surface area contributed by atoms with E-state index in [1.165, 1.54) is 39.7 Å². The van der Waals surface area contributed by atoms with Crippen LogP contribution in [0.1, 0.15) is 5.56 Å². The molecule has 27 heavy (non-hydrogen) atoms. The van der Waals surface area contributed by atoms with Gasteiger partial charge in [0.25, 0.3) is 0 Å². The second-order valence-corrected chi connectivity index (χ2v) is 8.59. The molecular formula is C16H14Cl2F3N3O2S. The van der Waals surface area contributed by atoms with Gasteiger partial charge in [-0.15, -0.1) is 0 Å². The first-order chi connectivity index (χ1) is 12.6. The summed E-state index contributed by atoms with van der Waals surface area (Å²) in [6, 6.07) is 6.29. The summed E-state index contributed by atoms with van der Waals surface area (Å²) in [5.74, 6) is -0.206. The quantitative estimate of drug-likeness (QED) is 0.727. The highest BCUT2D eigenvalue weighted by Gasteiger charge is 2.37. The average molecular weight is 440 g/mol. The number of pyridine rings is 1. The average Bonchev–Trinajstić information content (AvgIpc) is 2.63. The zero-order chi connectivity index (χ0) is 19.8. The number of anilines is 1. The molecule has 0 unspecified atom stereocenters. The van der Waals surface area contributed by atoms with E-state index in [-0.39, 0.29) is 46.9 Å². The van der Waals surface area contributed by atoms with Gasteiger partial charge in [-0.05, 0) is 30.3 Å². The second kappa shape index (κ2) is 7.46. The number of rotatable bonds is 3. The summed E-state index contributed by atoms with van der Waals surface area (Å²) in [6.45, 7) is 0.132. The lowest BCUT2D eigenvalue weighted by Crippen LogP contribution is -2.49. The lowest BCUT2D eigenvalue weighted by atomic mass is 10.2. The number of aromatic nitrogens is 1. The smallest absolute Gasteiger partial charge is 0.353 e. The van der Waals surface area contributed by atoms with Gasteiger partial charge < -0.3 is 4.90 Å². The Morgan fingerprint density at radius 2 is 1.70 bits per heavy atom. The maximum Gasteiger partial charge on any atom is 0.419 e. The number of sulfonamides is 1. The lowest BCUT2D eigenvalue weighted by molar-refractivity contribution is -0.137. The molecule has 0 N–H and O–H groups in total. The Bertz CT molecular complexity index is 946. The van der Waals surface area contributed by atoms with Crippen LogP contribution in [0.2, 0.25) is 10.0 Å². The van der Waals surface area contributed by atoms with E-state index < -0.39 is 21.8 Å². The van der Waals surface area contributed by atoms with E-state index >= 15 is 0 Å². The van der Waals surface area contributed by atoms with Crippen molar-refractivity contribution < 1.29 is 21.6 Å². The van der Waals surface area contributed by atoms with Crippen LogP contribution in [0.5, 0.6) is 0 Å². The van der Waals surface area contributed by atoms with Gasteiger partial charge in [0.1, 0.15) is 10.7 Å². The molecule has 0 radical (unpaired) electrons. The van der Waals surface area contributed by atoms with Crippen LogP contribution in [0.15, 0.2) is 41.4 Å². The van der Waals surface area contributed by atoms with E-state index in [1.54, 1.807) is 0 Å². The summed E-state index contributed by atoms with van der Waals surface area (Å²) < 4.78 is 66.3.